The van der Waals surface area contributed by atoms with Crippen LogP contribution < -0.4 is 11.1 Å². The summed E-state index contributed by atoms with van der Waals surface area (Å²) in [5, 5.41) is 2.67. The van der Waals surface area contributed by atoms with Gasteiger partial charge in [-0.15, -0.1) is 0 Å². The van der Waals surface area contributed by atoms with Crippen LogP contribution in [-0.4, -0.2) is 37.4 Å². The maximum absolute atomic E-state index is 11.5. The normalized spacial score (nSPS) is 24.9. The Morgan fingerprint density at radius 2 is 2.25 bits per heavy atom. The maximum atomic E-state index is 11.5. The fraction of sp³-hybridized carbons (Fsp3) is 0.778. The average molecular weight is 264 g/mol. The molecule has 0 aromatic carbocycles. The van der Waals surface area contributed by atoms with Crippen molar-refractivity contribution in [3.8, 4) is 0 Å². The first-order valence-corrected chi connectivity index (χ1v) is 7.32. The molecule has 0 bridgehead atoms. The molecule has 0 radical (unpaired) electrons. The topological polar surface area (TPSA) is 89.3 Å². The second kappa shape index (κ2) is 5.09. The molecule has 16 heavy (non-hydrogen) atoms. The van der Waals surface area contributed by atoms with Gasteiger partial charge in [-0.3, -0.25) is 4.79 Å². The second-order valence-electron chi connectivity index (χ2n) is 4.14. The molecule has 0 spiro atoms. The van der Waals surface area contributed by atoms with Crippen LogP contribution in [0.25, 0.3) is 0 Å². The van der Waals surface area contributed by atoms with Crippen LogP contribution in [0.2, 0.25) is 0 Å². The molecule has 1 rings (SSSR count). The van der Waals surface area contributed by atoms with Gasteiger partial charge in [-0.1, -0.05) is 12.2 Å². The molecular weight excluding hydrogens is 248 g/mol. The van der Waals surface area contributed by atoms with E-state index in [9.17, 15) is 13.2 Å². The Kier molecular flexibility index (Phi) is 4.26. The molecule has 1 aliphatic rings. The molecule has 1 aliphatic heterocycles. The lowest BCUT2D eigenvalue weighted by Crippen LogP contribution is -2.38. The molecule has 1 amide bonds. The number of hydrogen-bond acceptors (Lipinski definition) is 4. The van der Waals surface area contributed by atoms with Gasteiger partial charge in [-0.25, -0.2) is 8.42 Å². The monoisotopic (exact) mass is 264 g/mol. The van der Waals surface area contributed by atoms with Crippen LogP contribution >= 0.6 is 12.2 Å². The zero-order chi connectivity index (χ0) is 12.3. The minimum atomic E-state index is -2.88. The summed E-state index contributed by atoms with van der Waals surface area (Å²) in [7, 11) is -2.88. The lowest BCUT2D eigenvalue weighted by Gasteiger charge is -2.13. The van der Waals surface area contributed by atoms with Gasteiger partial charge < -0.3 is 11.1 Å². The van der Waals surface area contributed by atoms with Gasteiger partial charge in [0.25, 0.3) is 0 Å². The molecule has 7 heteroatoms. The summed E-state index contributed by atoms with van der Waals surface area (Å²) in [6.45, 7) is 2.01. The standard InChI is InChI=1S/C9H16N2O3S2/c1-6(8(10)15)9(12)11-4-7-2-3-16(13,14)5-7/h6-7H,2-5H2,1H3,(H2,10,15)(H,11,12). The number of nitrogens with one attached hydrogen (secondary N) is 1. The van der Waals surface area contributed by atoms with Crippen molar-refractivity contribution in [1.29, 1.82) is 0 Å². The van der Waals surface area contributed by atoms with E-state index in [4.69, 9.17) is 18.0 Å². The number of thiocarbonyl (C=S) groups is 1. The zero-order valence-electron chi connectivity index (χ0n) is 9.10. The summed E-state index contributed by atoms with van der Waals surface area (Å²) in [6.07, 6.45) is 0.615. The Bertz CT molecular complexity index is 392. The molecule has 0 aromatic rings. The summed E-state index contributed by atoms with van der Waals surface area (Å²) in [5.74, 6) is -0.343. The Labute approximate surface area is 101 Å². The minimum Gasteiger partial charge on any atom is -0.393 e. The molecular formula is C9H16N2O3S2. The Morgan fingerprint density at radius 3 is 2.69 bits per heavy atom. The van der Waals surface area contributed by atoms with Crippen LogP contribution in [0.3, 0.4) is 0 Å². The van der Waals surface area contributed by atoms with Gasteiger partial charge in [0, 0.05) is 6.54 Å². The third-order valence-electron chi connectivity index (χ3n) is 2.71. The van der Waals surface area contributed by atoms with E-state index in [0.29, 0.717) is 13.0 Å². The van der Waals surface area contributed by atoms with Crippen molar-refractivity contribution in [3.05, 3.63) is 0 Å². The molecule has 1 fully saturated rings. The number of sulfone groups is 1. The maximum Gasteiger partial charge on any atom is 0.229 e. The van der Waals surface area contributed by atoms with E-state index in [2.05, 4.69) is 5.32 Å². The number of carbonyl (C=O) groups excluding carboxylic acids is 1. The largest absolute Gasteiger partial charge is 0.393 e. The zero-order valence-corrected chi connectivity index (χ0v) is 10.7. The molecule has 3 N–H and O–H groups in total. The lowest BCUT2D eigenvalue weighted by atomic mass is 10.1. The SMILES string of the molecule is CC(C(=O)NCC1CCS(=O)(=O)C1)C(N)=S. The summed E-state index contributed by atoms with van der Waals surface area (Å²) < 4.78 is 22.3. The van der Waals surface area contributed by atoms with E-state index in [1.807, 2.05) is 0 Å². The van der Waals surface area contributed by atoms with Gasteiger partial charge in [0.15, 0.2) is 9.84 Å². The first-order valence-electron chi connectivity index (χ1n) is 5.09. The Morgan fingerprint density at radius 1 is 1.62 bits per heavy atom. The van der Waals surface area contributed by atoms with E-state index in [0.717, 1.165) is 0 Å². The van der Waals surface area contributed by atoms with Gasteiger partial charge >= 0.3 is 0 Å². The highest BCUT2D eigenvalue weighted by Gasteiger charge is 2.28. The van der Waals surface area contributed by atoms with Crippen molar-refractivity contribution in [3.63, 3.8) is 0 Å². The highest BCUT2D eigenvalue weighted by molar-refractivity contribution is 7.91. The molecule has 2 unspecified atom stereocenters. The van der Waals surface area contributed by atoms with E-state index in [-0.39, 0.29) is 28.3 Å². The molecule has 1 saturated heterocycles. The number of hydrogen-bond donors (Lipinski definition) is 2. The van der Waals surface area contributed by atoms with Crippen molar-refractivity contribution in [2.24, 2.45) is 17.6 Å². The van der Waals surface area contributed by atoms with E-state index in [1.165, 1.54) is 0 Å². The van der Waals surface area contributed by atoms with Gasteiger partial charge in [0.1, 0.15) is 0 Å². The van der Waals surface area contributed by atoms with Crippen LogP contribution in [0.15, 0.2) is 0 Å². The fourth-order valence-electron chi connectivity index (χ4n) is 1.56. The first kappa shape index (κ1) is 13.4. The molecule has 0 saturated carbocycles. The van der Waals surface area contributed by atoms with Crippen LogP contribution in [0.5, 0.6) is 0 Å². The molecule has 0 aliphatic carbocycles. The molecule has 5 nitrogen and oxygen atoms in total. The number of nitrogens with two attached hydrogens (primary N) is 1. The van der Waals surface area contributed by atoms with Crippen LogP contribution in [-0.2, 0) is 14.6 Å². The number of amides is 1. The lowest BCUT2D eigenvalue weighted by molar-refractivity contribution is -0.122. The van der Waals surface area contributed by atoms with Gasteiger partial charge in [0.2, 0.25) is 5.91 Å². The van der Waals surface area contributed by atoms with Crippen molar-refractivity contribution in [1.82, 2.24) is 5.32 Å². The summed E-state index contributed by atoms with van der Waals surface area (Å²) in [6, 6.07) is 0. The summed E-state index contributed by atoms with van der Waals surface area (Å²) in [4.78, 5) is 11.6. The van der Waals surface area contributed by atoms with Gasteiger partial charge in [0.05, 0.1) is 22.4 Å². The van der Waals surface area contributed by atoms with E-state index < -0.39 is 15.8 Å². The molecule has 1 heterocycles. The van der Waals surface area contributed by atoms with Gasteiger partial charge in [-0.05, 0) is 19.3 Å². The average Bonchev–Trinajstić information content (AvgIpc) is 2.53. The van der Waals surface area contributed by atoms with Crippen molar-refractivity contribution in [2.75, 3.05) is 18.1 Å². The third kappa shape index (κ3) is 3.71. The van der Waals surface area contributed by atoms with Crippen LogP contribution in [0.1, 0.15) is 13.3 Å². The van der Waals surface area contributed by atoms with Crippen molar-refractivity contribution >= 4 is 33.0 Å². The predicted molar refractivity (Wildman–Crippen MR) is 65.7 cm³/mol. The fourth-order valence-corrected chi connectivity index (χ4v) is 3.53. The molecule has 92 valence electrons. The van der Waals surface area contributed by atoms with E-state index in [1.54, 1.807) is 6.92 Å². The third-order valence-corrected chi connectivity index (χ3v) is 4.90. The minimum absolute atomic E-state index is 0.0208. The molecule has 2 atom stereocenters. The summed E-state index contributed by atoms with van der Waals surface area (Å²) in [5.41, 5.74) is 5.34. The summed E-state index contributed by atoms with van der Waals surface area (Å²) >= 11 is 4.70. The highest BCUT2D eigenvalue weighted by atomic mass is 32.2. The van der Waals surface area contributed by atoms with E-state index >= 15 is 0 Å². The van der Waals surface area contributed by atoms with Crippen LogP contribution in [0.4, 0.5) is 0 Å². The Balaban J connectivity index is 2.36. The van der Waals surface area contributed by atoms with Crippen molar-refractivity contribution < 1.29 is 13.2 Å². The highest BCUT2D eigenvalue weighted by Crippen LogP contribution is 2.17. The van der Waals surface area contributed by atoms with Crippen molar-refractivity contribution in [2.45, 2.75) is 13.3 Å². The Hall–Kier alpha value is -0.690. The number of rotatable bonds is 4. The van der Waals surface area contributed by atoms with Gasteiger partial charge in [-0.2, -0.15) is 0 Å². The van der Waals surface area contributed by atoms with Crippen LogP contribution in [0, 0.1) is 11.8 Å². The first-order chi connectivity index (χ1) is 7.32. The number of carbonyl (C=O) groups is 1. The smallest absolute Gasteiger partial charge is 0.229 e. The quantitative estimate of drug-likeness (QED) is 0.666. The molecule has 0 aromatic heterocycles. The second-order valence-corrected chi connectivity index (χ2v) is 6.84. The predicted octanol–water partition coefficient (Wildman–Crippen LogP) is -0.540.